The van der Waals surface area contributed by atoms with Crippen molar-refractivity contribution in [2.75, 3.05) is 12.4 Å². The van der Waals surface area contributed by atoms with Crippen LogP contribution in [0.2, 0.25) is 0 Å². The lowest BCUT2D eigenvalue weighted by molar-refractivity contribution is -0.112. The van der Waals surface area contributed by atoms with Gasteiger partial charge in [0.1, 0.15) is 40.2 Å². The molecule has 8 nitrogen and oxygen atoms in total. The van der Waals surface area contributed by atoms with Crippen LogP contribution in [0.5, 0.6) is 17.4 Å². The Morgan fingerprint density at radius 2 is 1.79 bits per heavy atom. The number of halogens is 1. The second-order valence-corrected chi connectivity index (χ2v) is 6.97. The first-order valence-electron chi connectivity index (χ1n) is 10.0. The smallest absolute Gasteiger partial charge is 0.269 e. The second kappa shape index (κ2) is 9.67. The molecule has 0 aliphatic carbocycles. The zero-order valence-corrected chi connectivity index (χ0v) is 17.9. The van der Waals surface area contributed by atoms with Crippen LogP contribution in [-0.4, -0.2) is 22.4 Å². The van der Waals surface area contributed by atoms with E-state index in [4.69, 9.17) is 9.47 Å². The fourth-order valence-corrected chi connectivity index (χ4v) is 3.06. The van der Waals surface area contributed by atoms with Gasteiger partial charge in [0.2, 0.25) is 5.88 Å². The molecule has 0 bridgehead atoms. The maximum Gasteiger partial charge on any atom is 0.269 e. The van der Waals surface area contributed by atoms with Crippen LogP contribution < -0.4 is 20.3 Å². The number of fused-ring (bicyclic) bond motifs is 1. The Hall–Kier alpha value is -4.97. The lowest BCUT2D eigenvalue weighted by Gasteiger charge is -2.11. The van der Waals surface area contributed by atoms with E-state index in [1.54, 1.807) is 48.5 Å². The van der Waals surface area contributed by atoms with Crippen LogP contribution in [0.3, 0.4) is 0 Å². The highest BCUT2D eigenvalue weighted by molar-refractivity contribution is 6.09. The molecule has 0 radical (unpaired) electrons. The van der Waals surface area contributed by atoms with Gasteiger partial charge < -0.3 is 14.8 Å². The molecule has 0 aliphatic rings. The summed E-state index contributed by atoms with van der Waals surface area (Å²) >= 11 is 0. The van der Waals surface area contributed by atoms with Gasteiger partial charge in [0, 0.05) is 11.9 Å². The van der Waals surface area contributed by atoms with Crippen molar-refractivity contribution in [3.8, 4) is 23.4 Å². The number of anilines is 1. The predicted molar refractivity (Wildman–Crippen MR) is 123 cm³/mol. The van der Waals surface area contributed by atoms with E-state index >= 15 is 0 Å². The first kappa shape index (κ1) is 22.2. The monoisotopic (exact) mass is 456 g/mol. The fourth-order valence-electron chi connectivity index (χ4n) is 3.06. The second-order valence-electron chi connectivity index (χ2n) is 6.97. The number of nitrogens with one attached hydrogen (secondary N) is 1. The summed E-state index contributed by atoms with van der Waals surface area (Å²) in [5.74, 6) is -0.337. The highest BCUT2D eigenvalue weighted by atomic mass is 19.1. The van der Waals surface area contributed by atoms with Crippen LogP contribution in [0, 0.1) is 17.1 Å². The maximum absolute atomic E-state index is 13.2. The molecule has 0 spiro atoms. The van der Waals surface area contributed by atoms with Crippen LogP contribution in [0.15, 0.2) is 83.3 Å². The zero-order valence-electron chi connectivity index (χ0n) is 17.9. The molecular weight excluding hydrogens is 439 g/mol. The summed E-state index contributed by atoms with van der Waals surface area (Å²) in [5, 5.41) is 12.1. The summed E-state index contributed by atoms with van der Waals surface area (Å²) in [7, 11) is 1.53. The number of nitriles is 1. The van der Waals surface area contributed by atoms with Crippen LogP contribution in [0.4, 0.5) is 10.1 Å². The molecule has 0 atom stereocenters. The fraction of sp³-hybridized carbons (Fsp3) is 0.0400. The van der Waals surface area contributed by atoms with E-state index in [9.17, 15) is 19.2 Å². The number of carbonyl (C=O) groups is 1. The molecule has 0 saturated carbocycles. The highest BCUT2D eigenvalue weighted by Gasteiger charge is 2.17. The minimum atomic E-state index is -0.776. The normalized spacial score (nSPS) is 11.0. The number of hydrogen-bond donors (Lipinski definition) is 1. The summed E-state index contributed by atoms with van der Waals surface area (Å²) < 4.78 is 25.4. The molecule has 1 amide bonds. The number of methoxy groups -OCH3 is 1. The third-order valence-corrected chi connectivity index (χ3v) is 4.76. The van der Waals surface area contributed by atoms with E-state index in [-0.39, 0.29) is 22.7 Å². The van der Waals surface area contributed by atoms with E-state index in [0.717, 1.165) is 6.08 Å². The Morgan fingerprint density at radius 1 is 1.09 bits per heavy atom. The van der Waals surface area contributed by atoms with Gasteiger partial charge in [-0.05, 0) is 66.7 Å². The first-order chi connectivity index (χ1) is 16.5. The van der Waals surface area contributed by atoms with Gasteiger partial charge in [0.05, 0.1) is 7.11 Å². The third-order valence-electron chi connectivity index (χ3n) is 4.76. The average molecular weight is 456 g/mol. The van der Waals surface area contributed by atoms with E-state index < -0.39 is 17.3 Å². The summed E-state index contributed by atoms with van der Waals surface area (Å²) in [6, 6.07) is 18.5. The van der Waals surface area contributed by atoms with Crippen molar-refractivity contribution in [3.63, 3.8) is 0 Å². The minimum absolute atomic E-state index is 0.0799. The topological polar surface area (TPSA) is 106 Å². The van der Waals surface area contributed by atoms with Crippen LogP contribution >= 0.6 is 0 Å². The van der Waals surface area contributed by atoms with Crippen molar-refractivity contribution in [1.82, 2.24) is 9.38 Å². The van der Waals surface area contributed by atoms with Crippen molar-refractivity contribution < 1.29 is 18.7 Å². The molecule has 1 N–H and O–H groups in total. The van der Waals surface area contributed by atoms with E-state index in [2.05, 4.69) is 10.3 Å². The quantitative estimate of drug-likeness (QED) is 0.345. The highest BCUT2D eigenvalue weighted by Crippen LogP contribution is 2.26. The number of benzene rings is 2. The molecule has 168 valence electrons. The number of ether oxygens (including phenoxy) is 2. The average Bonchev–Trinajstić information content (AvgIpc) is 2.86. The largest absolute Gasteiger partial charge is 0.497 e. The third kappa shape index (κ3) is 4.76. The molecule has 0 saturated heterocycles. The number of carbonyl (C=O) groups excluding carboxylic acids is 1. The molecular formula is C25H17FN4O4. The first-order valence-corrected chi connectivity index (χ1v) is 10.0. The molecule has 4 rings (SSSR count). The molecule has 0 unspecified atom stereocenters. The minimum Gasteiger partial charge on any atom is -0.497 e. The Balaban J connectivity index is 1.77. The van der Waals surface area contributed by atoms with Crippen molar-refractivity contribution in [2.24, 2.45) is 0 Å². The number of aromatic nitrogens is 2. The lowest BCUT2D eigenvalue weighted by Crippen LogP contribution is -2.20. The molecule has 9 heteroatoms. The van der Waals surface area contributed by atoms with Crippen LogP contribution in [-0.2, 0) is 4.79 Å². The summed E-state index contributed by atoms with van der Waals surface area (Å²) in [5.41, 5.74) is -0.376. The SMILES string of the molecule is COc1ccc(Oc2nc3ccccn3c(=O)c2/C=C(/C#N)C(=O)Nc2ccc(F)cc2)cc1. The van der Waals surface area contributed by atoms with E-state index in [0.29, 0.717) is 17.1 Å². The summed E-state index contributed by atoms with van der Waals surface area (Å²) in [4.78, 5) is 30.3. The van der Waals surface area contributed by atoms with Gasteiger partial charge in [-0.25, -0.2) is 4.39 Å². The number of pyridine rings is 1. The van der Waals surface area contributed by atoms with Gasteiger partial charge in [-0.15, -0.1) is 0 Å². The number of amides is 1. The van der Waals surface area contributed by atoms with Crippen LogP contribution in [0.1, 0.15) is 5.56 Å². The summed E-state index contributed by atoms with van der Waals surface area (Å²) in [6.45, 7) is 0. The lowest BCUT2D eigenvalue weighted by atomic mass is 10.1. The van der Waals surface area contributed by atoms with Gasteiger partial charge in [-0.3, -0.25) is 14.0 Å². The van der Waals surface area contributed by atoms with Crippen molar-refractivity contribution >= 4 is 23.3 Å². The van der Waals surface area contributed by atoms with Gasteiger partial charge in [0.15, 0.2) is 0 Å². The van der Waals surface area contributed by atoms with Crippen molar-refractivity contribution in [1.29, 1.82) is 5.26 Å². The molecule has 0 fully saturated rings. The molecule has 34 heavy (non-hydrogen) atoms. The van der Waals surface area contributed by atoms with Crippen molar-refractivity contribution in [3.05, 3.63) is 100 Å². The molecule has 2 aromatic heterocycles. The number of nitrogens with zero attached hydrogens (tertiary/aromatic N) is 3. The molecule has 2 heterocycles. The Bertz CT molecular complexity index is 1490. The molecule has 2 aromatic carbocycles. The van der Waals surface area contributed by atoms with Crippen LogP contribution in [0.25, 0.3) is 11.7 Å². The van der Waals surface area contributed by atoms with Gasteiger partial charge >= 0.3 is 0 Å². The molecule has 0 aliphatic heterocycles. The van der Waals surface area contributed by atoms with E-state index in [1.165, 1.54) is 42.0 Å². The maximum atomic E-state index is 13.2. The van der Waals surface area contributed by atoms with Gasteiger partial charge in [0.25, 0.3) is 11.5 Å². The number of hydrogen-bond acceptors (Lipinski definition) is 6. The Kier molecular flexibility index (Phi) is 6.32. The van der Waals surface area contributed by atoms with Crippen molar-refractivity contribution in [2.45, 2.75) is 0 Å². The van der Waals surface area contributed by atoms with E-state index in [1.807, 2.05) is 0 Å². The number of rotatable bonds is 6. The Labute approximate surface area is 193 Å². The van der Waals surface area contributed by atoms with Gasteiger partial charge in [-0.1, -0.05) is 6.07 Å². The predicted octanol–water partition coefficient (Wildman–Crippen LogP) is 4.18. The zero-order chi connectivity index (χ0) is 24.1. The Morgan fingerprint density at radius 3 is 2.47 bits per heavy atom. The summed E-state index contributed by atoms with van der Waals surface area (Å²) in [6.07, 6.45) is 2.64. The molecule has 4 aromatic rings. The standard InChI is InChI=1S/C25H17FN4O4/c1-33-19-9-11-20(12-10-19)34-24-21(25(32)30-13-3-2-4-22(30)29-24)14-16(15-27)23(31)28-18-7-5-17(26)6-8-18/h2-14H,1H3,(H,28,31)/b16-14-. The van der Waals surface area contributed by atoms with Gasteiger partial charge in [-0.2, -0.15) is 10.2 Å².